The van der Waals surface area contributed by atoms with Gasteiger partial charge < -0.3 is 4.42 Å². The van der Waals surface area contributed by atoms with Gasteiger partial charge in [-0.15, -0.1) is 0 Å². The monoisotopic (exact) mass is 270 g/mol. The van der Waals surface area contributed by atoms with Gasteiger partial charge in [0, 0.05) is 16.0 Å². The summed E-state index contributed by atoms with van der Waals surface area (Å²) in [5.74, 6) is 0. The van der Waals surface area contributed by atoms with Crippen LogP contribution in [0.5, 0.6) is 0 Å². The summed E-state index contributed by atoms with van der Waals surface area (Å²) in [7, 11) is 0. The Bertz CT molecular complexity index is 818. The molecule has 0 unspecified atom stereocenters. The molecule has 0 amide bonds. The highest BCUT2D eigenvalue weighted by molar-refractivity contribution is 6.33. The molecule has 0 aliphatic heterocycles. The van der Waals surface area contributed by atoms with Gasteiger partial charge in [-0.1, -0.05) is 48.0 Å². The molecular formula is C16H11ClO2. The second kappa shape index (κ2) is 4.56. The van der Waals surface area contributed by atoms with Gasteiger partial charge in [0.05, 0.1) is 5.56 Å². The first-order chi connectivity index (χ1) is 9.18. The van der Waals surface area contributed by atoms with Gasteiger partial charge in [-0.3, -0.25) is 0 Å². The van der Waals surface area contributed by atoms with Gasteiger partial charge in [0.2, 0.25) is 0 Å². The highest BCUT2D eigenvalue weighted by atomic mass is 35.5. The van der Waals surface area contributed by atoms with Crippen molar-refractivity contribution in [3.8, 4) is 11.1 Å². The van der Waals surface area contributed by atoms with Gasteiger partial charge in [0.25, 0.3) is 0 Å². The number of aryl methyl sites for hydroxylation is 1. The first-order valence-electron chi connectivity index (χ1n) is 5.96. The van der Waals surface area contributed by atoms with Crippen LogP contribution >= 0.6 is 11.6 Å². The van der Waals surface area contributed by atoms with E-state index in [-0.39, 0.29) is 5.63 Å². The average molecular weight is 271 g/mol. The predicted molar refractivity (Wildman–Crippen MR) is 77.7 cm³/mol. The molecule has 0 aliphatic carbocycles. The van der Waals surface area contributed by atoms with Crippen LogP contribution in [0.2, 0.25) is 5.02 Å². The number of hydrogen-bond donors (Lipinski definition) is 0. The maximum Gasteiger partial charge on any atom is 0.344 e. The van der Waals surface area contributed by atoms with Crippen LogP contribution in [0, 0.1) is 6.92 Å². The van der Waals surface area contributed by atoms with E-state index in [0.717, 1.165) is 10.9 Å². The lowest BCUT2D eigenvalue weighted by Gasteiger charge is -2.08. The van der Waals surface area contributed by atoms with Crippen LogP contribution < -0.4 is 5.63 Å². The molecule has 2 aromatic carbocycles. The zero-order valence-electron chi connectivity index (χ0n) is 10.3. The van der Waals surface area contributed by atoms with Crippen molar-refractivity contribution in [2.75, 3.05) is 0 Å². The Balaban J connectivity index is 2.43. The summed E-state index contributed by atoms with van der Waals surface area (Å²) in [5, 5.41) is 1.48. The second-order valence-electron chi connectivity index (χ2n) is 4.37. The SMILES string of the molecule is Cc1c(-c2ccccc2Cl)c(=O)oc2ccccc12. The minimum atomic E-state index is -0.357. The molecule has 0 saturated heterocycles. The van der Waals surface area contributed by atoms with Crippen molar-refractivity contribution in [3.63, 3.8) is 0 Å². The third-order valence-corrected chi connectivity index (χ3v) is 3.55. The van der Waals surface area contributed by atoms with Crippen molar-refractivity contribution < 1.29 is 4.42 Å². The molecule has 0 aliphatic rings. The summed E-state index contributed by atoms with van der Waals surface area (Å²) in [4.78, 5) is 12.2. The van der Waals surface area contributed by atoms with Crippen molar-refractivity contribution in [2.24, 2.45) is 0 Å². The Kier molecular flexibility index (Phi) is 2.88. The largest absolute Gasteiger partial charge is 0.422 e. The number of para-hydroxylation sites is 1. The maximum atomic E-state index is 12.2. The Hall–Kier alpha value is -2.06. The average Bonchev–Trinajstić information content (AvgIpc) is 2.41. The smallest absolute Gasteiger partial charge is 0.344 e. The minimum absolute atomic E-state index is 0.357. The van der Waals surface area contributed by atoms with E-state index in [4.69, 9.17) is 16.0 Å². The van der Waals surface area contributed by atoms with Gasteiger partial charge in [-0.25, -0.2) is 4.79 Å². The lowest BCUT2D eigenvalue weighted by Crippen LogP contribution is -2.06. The number of fused-ring (bicyclic) bond motifs is 1. The van der Waals surface area contributed by atoms with Gasteiger partial charge in [-0.2, -0.15) is 0 Å². The fourth-order valence-electron chi connectivity index (χ4n) is 2.28. The third-order valence-electron chi connectivity index (χ3n) is 3.22. The number of rotatable bonds is 1. The lowest BCUT2D eigenvalue weighted by molar-refractivity contribution is 0.562. The molecular weight excluding hydrogens is 260 g/mol. The van der Waals surface area contributed by atoms with Crippen LogP contribution in [-0.2, 0) is 0 Å². The van der Waals surface area contributed by atoms with E-state index >= 15 is 0 Å². The minimum Gasteiger partial charge on any atom is -0.422 e. The third kappa shape index (κ3) is 1.94. The Morgan fingerprint density at radius 3 is 2.47 bits per heavy atom. The first kappa shape index (κ1) is 12.0. The molecule has 0 fully saturated rings. The molecule has 0 bridgehead atoms. The lowest BCUT2D eigenvalue weighted by atomic mass is 10.00. The standard InChI is InChI=1S/C16H11ClO2/c1-10-11-6-3-5-9-14(11)19-16(18)15(10)12-7-2-4-8-13(12)17/h2-9H,1H3. The molecule has 19 heavy (non-hydrogen) atoms. The molecule has 3 rings (SSSR count). The van der Waals surface area contributed by atoms with Gasteiger partial charge in [0.15, 0.2) is 0 Å². The fraction of sp³-hybridized carbons (Fsp3) is 0.0625. The summed E-state index contributed by atoms with van der Waals surface area (Å²) in [6.07, 6.45) is 0. The number of halogens is 1. The Morgan fingerprint density at radius 1 is 1.00 bits per heavy atom. The van der Waals surface area contributed by atoms with Crippen molar-refractivity contribution in [1.82, 2.24) is 0 Å². The first-order valence-corrected chi connectivity index (χ1v) is 6.33. The summed E-state index contributed by atoms with van der Waals surface area (Å²) >= 11 is 6.17. The molecule has 94 valence electrons. The van der Waals surface area contributed by atoms with E-state index in [1.807, 2.05) is 43.3 Å². The molecule has 0 radical (unpaired) electrons. The molecule has 0 atom stereocenters. The zero-order chi connectivity index (χ0) is 13.4. The summed E-state index contributed by atoms with van der Waals surface area (Å²) in [5.41, 5.74) is 2.37. The van der Waals surface area contributed by atoms with E-state index < -0.39 is 0 Å². The Labute approximate surface area is 115 Å². The summed E-state index contributed by atoms with van der Waals surface area (Å²) in [6, 6.07) is 14.8. The van der Waals surface area contributed by atoms with E-state index in [0.29, 0.717) is 21.7 Å². The van der Waals surface area contributed by atoms with E-state index in [1.165, 1.54) is 0 Å². The van der Waals surface area contributed by atoms with Crippen molar-refractivity contribution in [3.05, 3.63) is 69.5 Å². The van der Waals surface area contributed by atoms with E-state index in [2.05, 4.69) is 0 Å². The molecule has 3 aromatic rings. The van der Waals surface area contributed by atoms with Crippen LogP contribution in [0.4, 0.5) is 0 Å². The highest BCUT2D eigenvalue weighted by Gasteiger charge is 2.14. The van der Waals surface area contributed by atoms with Crippen LogP contribution in [0.3, 0.4) is 0 Å². The van der Waals surface area contributed by atoms with Crippen LogP contribution in [-0.4, -0.2) is 0 Å². The second-order valence-corrected chi connectivity index (χ2v) is 4.77. The molecule has 0 saturated carbocycles. The number of hydrogen-bond acceptors (Lipinski definition) is 2. The molecule has 0 N–H and O–H groups in total. The molecule has 1 aromatic heterocycles. The van der Waals surface area contributed by atoms with Crippen LogP contribution in [0.15, 0.2) is 57.7 Å². The summed E-state index contributed by atoms with van der Waals surface area (Å²) < 4.78 is 5.37. The number of benzene rings is 2. The fourth-order valence-corrected chi connectivity index (χ4v) is 2.51. The molecule has 3 heteroatoms. The summed E-state index contributed by atoms with van der Waals surface area (Å²) in [6.45, 7) is 1.91. The predicted octanol–water partition coefficient (Wildman–Crippen LogP) is 4.42. The molecule has 2 nitrogen and oxygen atoms in total. The molecule has 1 heterocycles. The quantitative estimate of drug-likeness (QED) is 0.613. The maximum absolute atomic E-state index is 12.2. The Morgan fingerprint density at radius 2 is 1.68 bits per heavy atom. The topological polar surface area (TPSA) is 30.2 Å². The van der Waals surface area contributed by atoms with E-state index in [1.54, 1.807) is 12.1 Å². The normalized spacial score (nSPS) is 10.8. The van der Waals surface area contributed by atoms with E-state index in [9.17, 15) is 4.79 Å². The van der Waals surface area contributed by atoms with Crippen LogP contribution in [0.25, 0.3) is 22.1 Å². The van der Waals surface area contributed by atoms with Crippen molar-refractivity contribution >= 4 is 22.6 Å². The van der Waals surface area contributed by atoms with Crippen molar-refractivity contribution in [2.45, 2.75) is 6.92 Å². The van der Waals surface area contributed by atoms with Gasteiger partial charge in [-0.05, 0) is 24.6 Å². The van der Waals surface area contributed by atoms with Gasteiger partial charge >= 0.3 is 5.63 Å². The van der Waals surface area contributed by atoms with Gasteiger partial charge in [0.1, 0.15) is 5.58 Å². The zero-order valence-corrected chi connectivity index (χ0v) is 11.1. The van der Waals surface area contributed by atoms with Crippen LogP contribution in [0.1, 0.15) is 5.56 Å². The molecule has 0 spiro atoms. The van der Waals surface area contributed by atoms with Crippen molar-refractivity contribution in [1.29, 1.82) is 0 Å². The highest BCUT2D eigenvalue weighted by Crippen LogP contribution is 2.30.